The maximum atomic E-state index is 10.8. The SMILES string of the molecule is CC(O)C(C(=O)O)N(CC(=O)O)C(C)N. The molecule has 0 radical (unpaired) electrons. The number of hydrogen-bond acceptors (Lipinski definition) is 5. The van der Waals surface area contributed by atoms with Crippen LogP contribution in [-0.4, -0.2) is 57.0 Å². The summed E-state index contributed by atoms with van der Waals surface area (Å²) < 4.78 is 0. The average Bonchev–Trinajstić information content (AvgIpc) is 2.00. The van der Waals surface area contributed by atoms with Crippen LogP contribution in [0.3, 0.4) is 0 Å². The predicted octanol–water partition coefficient (Wildman–Crippen LogP) is -1.49. The van der Waals surface area contributed by atoms with Crippen molar-refractivity contribution in [3.63, 3.8) is 0 Å². The average molecular weight is 220 g/mol. The first kappa shape index (κ1) is 13.8. The number of carboxylic acid groups (broad SMARTS) is 2. The van der Waals surface area contributed by atoms with Gasteiger partial charge in [-0.2, -0.15) is 0 Å². The Balaban J connectivity index is 4.84. The molecule has 0 aliphatic heterocycles. The van der Waals surface area contributed by atoms with Gasteiger partial charge in [0.15, 0.2) is 0 Å². The van der Waals surface area contributed by atoms with Gasteiger partial charge >= 0.3 is 11.9 Å². The van der Waals surface area contributed by atoms with Crippen LogP contribution in [0.2, 0.25) is 0 Å². The second-order valence-corrected chi connectivity index (χ2v) is 3.33. The first-order valence-corrected chi connectivity index (χ1v) is 4.41. The minimum atomic E-state index is -1.32. The standard InChI is InChI=1S/C8H16N2O5/c1-4(11)7(8(14)15)10(5(2)9)3-6(12)13/h4-5,7,11H,3,9H2,1-2H3,(H,12,13)(H,14,15). The molecule has 7 heteroatoms. The van der Waals surface area contributed by atoms with E-state index in [1.807, 2.05) is 0 Å². The van der Waals surface area contributed by atoms with Crippen molar-refractivity contribution in [3.8, 4) is 0 Å². The molecule has 0 rings (SSSR count). The topological polar surface area (TPSA) is 124 Å². The molecular formula is C8H16N2O5. The highest BCUT2D eigenvalue weighted by Crippen LogP contribution is 2.07. The highest BCUT2D eigenvalue weighted by Gasteiger charge is 2.33. The Morgan fingerprint density at radius 1 is 1.33 bits per heavy atom. The fraction of sp³-hybridized carbons (Fsp3) is 0.750. The lowest BCUT2D eigenvalue weighted by atomic mass is 10.1. The molecule has 0 amide bonds. The van der Waals surface area contributed by atoms with Crippen LogP contribution in [0.4, 0.5) is 0 Å². The predicted molar refractivity (Wildman–Crippen MR) is 51.1 cm³/mol. The fourth-order valence-electron chi connectivity index (χ4n) is 1.28. The first-order chi connectivity index (χ1) is 6.77. The van der Waals surface area contributed by atoms with Crippen molar-refractivity contribution in [2.75, 3.05) is 6.54 Å². The largest absolute Gasteiger partial charge is 0.480 e. The number of aliphatic carboxylic acids is 2. The summed E-state index contributed by atoms with van der Waals surface area (Å²) in [4.78, 5) is 22.3. The molecule has 15 heavy (non-hydrogen) atoms. The van der Waals surface area contributed by atoms with E-state index in [9.17, 15) is 14.7 Å². The summed E-state index contributed by atoms with van der Waals surface area (Å²) in [6.45, 7) is 2.21. The van der Waals surface area contributed by atoms with E-state index >= 15 is 0 Å². The van der Waals surface area contributed by atoms with Crippen molar-refractivity contribution < 1.29 is 24.9 Å². The Hall–Kier alpha value is -1.18. The zero-order valence-corrected chi connectivity index (χ0v) is 8.62. The summed E-state index contributed by atoms with van der Waals surface area (Å²) in [5.74, 6) is -2.50. The van der Waals surface area contributed by atoms with Crippen LogP contribution >= 0.6 is 0 Å². The van der Waals surface area contributed by atoms with E-state index in [-0.39, 0.29) is 0 Å². The number of nitrogens with zero attached hydrogens (tertiary/aromatic N) is 1. The smallest absolute Gasteiger partial charge is 0.323 e. The van der Waals surface area contributed by atoms with Crippen LogP contribution in [-0.2, 0) is 9.59 Å². The number of carbonyl (C=O) groups is 2. The Kier molecular flexibility index (Phi) is 5.20. The molecule has 0 aromatic heterocycles. The summed E-state index contributed by atoms with van der Waals surface area (Å²) >= 11 is 0. The highest BCUT2D eigenvalue weighted by atomic mass is 16.4. The summed E-state index contributed by atoms with van der Waals surface area (Å²) in [6, 6.07) is -1.32. The first-order valence-electron chi connectivity index (χ1n) is 4.41. The van der Waals surface area contributed by atoms with Gasteiger partial charge < -0.3 is 21.1 Å². The van der Waals surface area contributed by atoms with E-state index < -0.39 is 36.8 Å². The molecule has 0 aliphatic carbocycles. The molecule has 0 bridgehead atoms. The maximum absolute atomic E-state index is 10.8. The highest BCUT2D eigenvalue weighted by molar-refractivity contribution is 5.76. The molecule has 5 N–H and O–H groups in total. The van der Waals surface area contributed by atoms with E-state index in [1.165, 1.54) is 13.8 Å². The van der Waals surface area contributed by atoms with Gasteiger partial charge in [0.2, 0.25) is 0 Å². The van der Waals surface area contributed by atoms with E-state index in [1.54, 1.807) is 0 Å². The molecule has 0 saturated carbocycles. The zero-order valence-electron chi connectivity index (χ0n) is 8.62. The van der Waals surface area contributed by atoms with Gasteiger partial charge in [0.05, 0.1) is 18.8 Å². The van der Waals surface area contributed by atoms with Gasteiger partial charge in [0, 0.05) is 0 Å². The lowest BCUT2D eigenvalue weighted by molar-refractivity contribution is -0.151. The molecule has 3 atom stereocenters. The van der Waals surface area contributed by atoms with Crippen molar-refractivity contribution >= 4 is 11.9 Å². The fourth-order valence-corrected chi connectivity index (χ4v) is 1.28. The van der Waals surface area contributed by atoms with Crippen LogP contribution in [0, 0.1) is 0 Å². The van der Waals surface area contributed by atoms with Gasteiger partial charge in [-0.3, -0.25) is 14.5 Å². The minimum Gasteiger partial charge on any atom is -0.480 e. The van der Waals surface area contributed by atoms with Crippen molar-refractivity contribution in [1.29, 1.82) is 0 Å². The molecule has 0 saturated heterocycles. The Morgan fingerprint density at radius 3 is 2.00 bits per heavy atom. The lowest BCUT2D eigenvalue weighted by Crippen LogP contribution is -2.56. The van der Waals surface area contributed by atoms with Crippen molar-refractivity contribution in [2.24, 2.45) is 5.73 Å². The van der Waals surface area contributed by atoms with Gasteiger partial charge in [-0.15, -0.1) is 0 Å². The Labute approximate surface area is 87.1 Å². The third-order valence-corrected chi connectivity index (χ3v) is 1.91. The number of aliphatic hydroxyl groups is 1. The normalized spacial score (nSPS) is 17.1. The maximum Gasteiger partial charge on any atom is 0.323 e. The van der Waals surface area contributed by atoms with Gasteiger partial charge in [-0.05, 0) is 13.8 Å². The molecule has 3 unspecified atom stereocenters. The van der Waals surface area contributed by atoms with Crippen LogP contribution in [0.15, 0.2) is 0 Å². The summed E-state index contributed by atoms with van der Waals surface area (Å²) in [6.07, 6.45) is -1.97. The van der Waals surface area contributed by atoms with E-state index in [2.05, 4.69) is 0 Å². The minimum absolute atomic E-state index is 0.528. The molecule has 88 valence electrons. The number of carboxylic acids is 2. The molecule has 0 aliphatic rings. The Morgan fingerprint density at radius 2 is 1.80 bits per heavy atom. The van der Waals surface area contributed by atoms with Crippen LogP contribution in [0.5, 0.6) is 0 Å². The molecule has 0 aromatic carbocycles. The van der Waals surface area contributed by atoms with Crippen LogP contribution in [0.25, 0.3) is 0 Å². The summed E-state index contributed by atoms with van der Waals surface area (Å²) in [7, 11) is 0. The molecule has 0 heterocycles. The van der Waals surface area contributed by atoms with Crippen molar-refractivity contribution in [1.82, 2.24) is 4.90 Å². The third-order valence-electron chi connectivity index (χ3n) is 1.91. The third kappa shape index (κ3) is 4.24. The Bertz CT molecular complexity index is 241. The van der Waals surface area contributed by atoms with Crippen LogP contribution in [0.1, 0.15) is 13.8 Å². The molecule has 7 nitrogen and oxygen atoms in total. The van der Waals surface area contributed by atoms with Gasteiger partial charge in [0.25, 0.3) is 0 Å². The van der Waals surface area contributed by atoms with E-state index in [0.717, 1.165) is 4.90 Å². The molecule has 0 spiro atoms. The number of aliphatic hydroxyl groups excluding tert-OH is 1. The van der Waals surface area contributed by atoms with Gasteiger partial charge in [-0.25, -0.2) is 0 Å². The van der Waals surface area contributed by atoms with E-state index in [0.29, 0.717) is 0 Å². The monoisotopic (exact) mass is 220 g/mol. The van der Waals surface area contributed by atoms with E-state index in [4.69, 9.17) is 15.9 Å². The zero-order chi connectivity index (χ0) is 12.2. The van der Waals surface area contributed by atoms with Crippen molar-refractivity contribution in [3.05, 3.63) is 0 Å². The lowest BCUT2D eigenvalue weighted by Gasteiger charge is -2.31. The second-order valence-electron chi connectivity index (χ2n) is 3.33. The molecule has 0 fully saturated rings. The number of hydrogen-bond donors (Lipinski definition) is 4. The number of nitrogens with two attached hydrogens (primary N) is 1. The summed E-state index contributed by atoms with van der Waals surface area (Å²) in [5, 5.41) is 26.6. The quantitative estimate of drug-likeness (QED) is 0.402. The number of rotatable bonds is 6. The van der Waals surface area contributed by atoms with Crippen molar-refractivity contribution in [2.45, 2.75) is 32.2 Å². The molecular weight excluding hydrogens is 204 g/mol. The molecule has 0 aromatic rings. The van der Waals surface area contributed by atoms with Gasteiger partial charge in [-0.1, -0.05) is 0 Å². The summed E-state index contributed by atoms with van der Waals surface area (Å²) in [5.41, 5.74) is 5.45. The van der Waals surface area contributed by atoms with Crippen LogP contribution < -0.4 is 5.73 Å². The second kappa shape index (κ2) is 5.64. The van der Waals surface area contributed by atoms with Gasteiger partial charge in [0.1, 0.15) is 6.04 Å².